The third kappa shape index (κ3) is 3.58. The number of carbonyl (C=O) groups excluding carboxylic acids is 1. The number of aromatic nitrogens is 5. The second kappa shape index (κ2) is 7.24. The van der Waals surface area contributed by atoms with Gasteiger partial charge >= 0.3 is 0 Å². The summed E-state index contributed by atoms with van der Waals surface area (Å²) in [6.07, 6.45) is 7.29. The van der Waals surface area contributed by atoms with Gasteiger partial charge in [0.2, 0.25) is 0 Å². The topological polar surface area (TPSA) is 132 Å². The molecule has 0 saturated carbocycles. The Hall–Kier alpha value is -2.92. The molecule has 0 aromatic carbocycles. The maximum absolute atomic E-state index is 12.5. The van der Waals surface area contributed by atoms with Crippen LogP contribution in [0.3, 0.4) is 0 Å². The summed E-state index contributed by atoms with van der Waals surface area (Å²) in [5.41, 5.74) is 0.629. The molecule has 0 atom stereocenters. The number of aryl methyl sites for hydroxylation is 1. The number of hydrogen-bond donors (Lipinski definition) is 2. The highest BCUT2D eigenvalue weighted by Gasteiger charge is 2.22. The predicted octanol–water partition coefficient (Wildman–Crippen LogP) is 0.344. The highest BCUT2D eigenvalue weighted by Crippen LogP contribution is 2.21. The number of fused-ring (bicyclic) bond motifs is 1. The number of nitrogens with one attached hydrogen (secondary N) is 2. The van der Waals surface area contributed by atoms with Gasteiger partial charge in [-0.25, -0.2) is 28.1 Å². The quantitative estimate of drug-likeness (QED) is 0.640. The van der Waals surface area contributed by atoms with Crippen LogP contribution in [0.25, 0.3) is 11.0 Å². The molecule has 10 nitrogen and oxygen atoms in total. The summed E-state index contributed by atoms with van der Waals surface area (Å²) in [5, 5.41) is 7.86. The van der Waals surface area contributed by atoms with Crippen LogP contribution in [0, 0.1) is 0 Å². The average Bonchev–Trinajstić information content (AvgIpc) is 3.09. The van der Waals surface area contributed by atoms with E-state index in [2.05, 4.69) is 25.4 Å². The van der Waals surface area contributed by atoms with Gasteiger partial charge in [0.1, 0.15) is 10.7 Å². The van der Waals surface area contributed by atoms with Crippen LogP contribution in [0.5, 0.6) is 0 Å². The number of rotatable bonds is 4. The molecule has 4 heterocycles. The standard InChI is InChI=1S/C17H19N7O3S/c1-24-16-12(9-22-24)6-14(10-21-16)28(26,27)23-17(25)13-7-19-15(20-8-13)11-2-4-18-5-3-11/h6-11,18H,2-5H2,1H3,(H,23,25). The number of sulfonamides is 1. The molecule has 0 aliphatic carbocycles. The minimum atomic E-state index is -4.08. The Morgan fingerprint density at radius 2 is 1.86 bits per heavy atom. The molecule has 1 aliphatic rings. The van der Waals surface area contributed by atoms with Crippen molar-refractivity contribution < 1.29 is 13.2 Å². The number of amides is 1. The van der Waals surface area contributed by atoms with Gasteiger partial charge in [0.05, 0.1) is 11.8 Å². The lowest BCUT2D eigenvalue weighted by Crippen LogP contribution is -2.31. The first kappa shape index (κ1) is 18.4. The van der Waals surface area contributed by atoms with E-state index in [0.29, 0.717) is 16.9 Å². The van der Waals surface area contributed by atoms with Crippen LogP contribution >= 0.6 is 0 Å². The van der Waals surface area contributed by atoms with Crippen LogP contribution in [-0.2, 0) is 17.1 Å². The van der Waals surface area contributed by atoms with Crippen LogP contribution in [0.1, 0.15) is 34.9 Å². The number of piperidine rings is 1. The molecule has 0 spiro atoms. The van der Waals surface area contributed by atoms with Crippen molar-refractivity contribution in [2.45, 2.75) is 23.7 Å². The fourth-order valence-electron chi connectivity index (χ4n) is 3.16. The molecule has 11 heteroatoms. The zero-order chi connectivity index (χ0) is 19.7. The lowest BCUT2D eigenvalue weighted by molar-refractivity contribution is 0.0980. The van der Waals surface area contributed by atoms with Crippen LogP contribution < -0.4 is 10.0 Å². The molecular weight excluding hydrogens is 382 g/mol. The molecule has 3 aromatic rings. The zero-order valence-electron chi connectivity index (χ0n) is 15.2. The van der Waals surface area contributed by atoms with Gasteiger partial charge in [0.15, 0.2) is 5.65 Å². The number of carbonyl (C=O) groups is 1. The summed E-state index contributed by atoms with van der Waals surface area (Å²) in [5.74, 6) is 0.134. The molecule has 1 amide bonds. The Morgan fingerprint density at radius 1 is 1.14 bits per heavy atom. The van der Waals surface area contributed by atoms with Crippen molar-refractivity contribution in [2.24, 2.45) is 7.05 Å². The normalized spacial score (nSPS) is 15.6. The minimum Gasteiger partial charge on any atom is -0.317 e. The first-order valence-corrected chi connectivity index (χ1v) is 10.3. The van der Waals surface area contributed by atoms with E-state index in [9.17, 15) is 13.2 Å². The van der Waals surface area contributed by atoms with E-state index in [1.165, 1.54) is 35.5 Å². The summed E-state index contributed by atoms with van der Waals surface area (Å²) in [6, 6.07) is 1.42. The second-order valence-corrected chi connectivity index (χ2v) is 8.32. The van der Waals surface area contributed by atoms with Crippen molar-refractivity contribution in [3.8, 4) is 0 Å². The third-order valence-corrected chi connectivity index (χ3v) is 6.02. The van der Waals surface area contributed by atoms with Crippen molar-refractivity contribution in [1.29, 1.82) is 0 Å². The molecule has 2 N–H and O–H groups in total. The largest absolute Gasteiger partial charge is 0.317 e. The van der Waals surface area contributed by atoms with E-state index in [0.717, 1.165) is 25.9 Å². The van der Waals surface area contributed by atoms with E-state index in [4.69, 9.17) is 0 Å². The van der Waals surface area contributed by atoms with E-state index < -0.39 is 15.9 Å². The lowest BCUT2D eigenvalue weighted by atomic mass is 9.97. The summed E-state index contributed by atoms with van der Waals surface area (Å²) in [4.78, 5) is 24.8. The fourth-order valence-corrected chi connectivity index (χ4v) is 4.11. The molecule has 1 fully saturated rings. The molecule has 0 unspecified atom stereocenters. The van der Waals surface area contributed by atoms with Crippen molar-refractivity contribution in [3.63, 3.8) is 0 Å². The van der Waals surface area contributed by atoms with Gasteiger partial charge in [-0.15, -0.1) is 0 Å². The van der Waals surface area contributed by atoms with Crippen LogP contribution in [-0.4, -0.2) is 52.1 Å². The summed E-state index contributed by atoms with van der Waals surface area (Å²) < 4.78 is 28.6. The molecule has 0 bridgehead atoms. The predicted molar refractivity (Wildman–Crippen MR) is 100 cm³/mol. The molecule has 4 rings (SSSR count). The van der Waals surface area contributed by atoms with Gasteiger partial charge < -0.3 is 5.32 Å². The third-order valence-electron chi connectivity index (χ3n) is 4.72. The Kier molecular flexibility index (Phi) is 4.77. The van der Waals surface area contributed by atoms with Crippen molar-refractivity contribution in [2.75, 3.05) is 13.1 Å². The van der Waals surface area contributed by atoms with Crippen molar-refractivity contribution in [3.05, 3.63) is 42.2 Å². The Labute approximate surface area is 161 Å². The van der Waals surface area contributed by atoms with Crippen molar-refractivity contribution in [1.82, 2.24) is 34.8 Å². The monoisotopic (exact) mass is 401 g/mol. The van der Waals surface area contributed by atoms with Gasteiger partial charge in [-0.2, -0.15) is 5.10 Å². The number of nitrogens with zero attached hydrogens (tertiary/aromatic N) is 5. The first-order chi connectivity index (χ1) is 13.4. The summed E-state index contributed by atoms with van der Waals surface area (Å²) in [6.45, 7) is 1.81. The molecule has 1 saturated heterocycles. The van der Waals surface area contributed by atoms with Gasteiger partial charge in [-0.3, -0.25) is 9.48 Å². The van der Waals surface area contributed by atoms with E-state index >= 15 is 0 Å². The maximum atomic E-state index is 12.5. The van der Waals surface area contributed by atoms with Gasteiger partial charge in [-0.05, 0) is 32.0 Å². The van der Waals surface area contributed by atoms with Crippen molar-refractivity contribution >= 4 is 27.0 Å². The summed E-state index contributed by atoms with van der Waals surface area (Å²) >= 11 is 0. The van der Waals surface area contributed by atoms with E-state index in [1.807, 2.05) is 4.72 Å². The summed E-state index contributed by atoms with van der Waals surface area (Å²) in [7, 11) is -2.38. The molecule has 3 aromatic heterocycles. The Morgan fingerprint density at radius 3 is 2.57 bits per heavy atom. The molecule has 28 heavy (non-hydrogen) atoms. The SMILES string of the molecule is Cn1ncc2cc(S(=O)(=O)NC(=O)c3cnc(C4CCNCC4)nc3)cnc21. The highest BCUT2D eigenvalue weighted by molar-refractivity contribution is 7.90. The Bertz CT molecular complexity index is 1120. The molecule has 0 radical (unpaired) electrons. The van der Waals surface area contributed by atoms with E-state index in [1.54, 1.807) is 7.05 Å². The maximum Gasteiger partial charge on any atom is 0.268 e. The lowest BCUT2D eigenvalue weighted by Gasteiger charge is -2.21. The first-order valence-electron chi connectivity index (χ1n) is 8.81. The van der Waals surface area contributed by atoms with Crippen LogP contribution in [0.2, 0.25) is 0 Å². The average molecular weight is 401 g/mol. The zero-order valence-corrected chi connectivity index (χ0v) is 16.0. The number of pyridine rings is 1. The highest BCUT2D eigenvalue weighted by atomic mass is 32.2. The second-order valence-electron chi connectivity index (χ2n) is 6.64. The van der Waals surface area contributed by atoms with Gasteiger partial charge in [0.25, 0.3) is 15.9 Å². The van der Waals surface area contributed by atoms with Crippen LogP contribution in [0.15, 0.2) is 35.7 Å². The molecule has 1 aliphatic heterocycles. The smallest absolute Gasteiger partial charge is 0.268 e. The van der Waals surface area contributed by atoms with Gasteiger partial charge in [0, 0.05) is 36.9 Å². The number of hydrogen-bond acceptors (Lipinski definition) is 8. The minimum absolute atomic E-state index is 0.0803. The molecular formula is C17H19N7O3S. The van der Waals surface area contributed by atoms with E-state index in [-0.39, 0.29) is 16.4 Å². The Balaban J connectivity index is 1.51. The van der Waals surface area contributed by atoms with Crippen LogP contribution in [0.4, 0.5) is 0 Å². The molecule has 146 valence electrons. The van der Waals surface area contributed by atoms with Gasteiger partial charge in [-0.1, -0.05) is 0 Å². The fraction of sp³-hybridized carbons (Fsp3) is 0.353.